The molecular formula is C12H10N4O3. The van der Waals surface area contributed by atoms with E-state index in [4.69, 9.17) is 0 Å². The fraction of sp³-hybridized carbons (Fsp3) is 0.250. The first-order chi connectivity index (χ1) is 9.19. The van der Waals surface area contributed by atoms with Gasteiger partial charge < -0.3 is 0 Å². The third-order valence-corrected chi connectivity index (χ3v) is 3.09. The van der Waals surface area contributed by atoms with E-state index in [1.807, 2.05) is 0 Å². The number of nitrogens with one attached hydrogen (secondary N) is 1. The highest BCUT2D eigenvalue weighted by Gasteiger charge is 2.31. The summed E-state index contributed by atoms with van der Waals surface area (Å²) in [7, 11) is 0. The van der Waals surface area contributed by atoms with Crippen LogP contribution in [0.5, 0.6) is 0 Å². The van der Waals surface area contributed by atoms with Crippen LogP contribution in [0, 0.1) is 0 Å². The van der Waals surface area contributed by atoms with E-state index in [1.165, 1.54) is 4.52 Å². The molecule has 3 heterocycles. The fourth-order valence-corrected chi connectivity index (χ4v) is 2.12. The highest BCUT2D eigenvalue weighted by molar-refractivity contribution is 6.00. The average molecular weight is 258 g/mol. The van der Waals surface area contributed by atoms with E-state index < -0.39 is 5.92 Å². The number of aldehydes is 1. The molecule has 1 aliphatic rings. The molecule has 19 heavy (non-hydrogen) atoms. The Bertz CT molecular complexity index is 691. The van der Waals surface area contributed by atoms with Crippen molar-refractivity contribution < 1.29 is 14.4 Å². The van der Waals surface area contributed by atoms with Crippen molar-refractivity contribution in [1.82, 2.24) is 19.9 Å². The van der Waals surface area contributed by atoms with Crippen LogP contribution in [-0.2, 0) is 9.59 Å². The predicted octanol–water partition coefficient (Wildman–Crippen LogP) is 0.0620. The molecule has 1 atom stereocenters. The zero-order chi connectivity index (χ0) is 13.4. The first-order valence-corrected chi connectivity index (χ1v) is 5.83. The molecule has 2 aromatic rings. The van der Waals surface area contributed by atoms with Crippen molar-refractivity contribution in [3.63, 3.8) is 0 Å². The standard InChI is InChI=1S/C12H10N4O3/c17-6-7-2-1-5-16-11(7)14-10(15-16)8-3-4-9(18)13-12(8)19/h1-2,5-6,8H,3-4H2,(H,13,18,19). The first kappa shape index (κ1) is 11.5. The molecule has 1 N–H and O–H groups in total. The second-order valence-electron chi connectivity index (χ2n) is 4.32. The summed E-state index contributed by atoms with van der Waals surface area (Å²) in [6.45, 7) is 0. The molecule has 1 unspecified atom stereocenters. The molecular weight excluding hydrogens is 248 g/mol. The van der Waals surface area contributed by atoms with Gasteiger partial charge in [-0.2, -0.15) is 5.10 Å². The molecule has 1 aliphatic heterocycles. The number of carbonyl (C=O) groups is 3. The van der Waals surface area contributed by atoms with E-state index in [2.05, 4.69) is 15.4 Å². The summed E-state index contributed by atoms with van der Waals surface area (Å²) >= 11 is 0. The summed E-state index contributed by atoms with van der Waals surface area (Å²) in [5.41, 5.74) is 0.825. The van der Waals surface area contributed by atoms with Gasteiger partial charge in [-0.25, -0.2) is 9.50 Å². The number of imide groups is 1. The van der Waals surface area contributed by atoms with Crippen molar-refractivity contribution in [2.75, 3.05) is 0 Å². The second-order valence-corrected chi connectivity index (χ2v) is 4.32. The quantitative estimate of drug-likeness (QED) is 0.607. The number of fused-ring (bicyclic) bond motifs is 1. The van der Waals surface area contributed by atoms with Crippen LogP contribution in [0.3, 0.4) is 0 Å². The van der Waals surface area contributed by atoms with Crippen molar-refractivity contribution in [2.45, 2.75) is 18.8 Å². The minimum atomic E-state index is -0.544. The molecule has 7 nitrogen and oxygen atoms in total. The molecule has 3 rings (SSSR count). The SMILES string of the molecule is O=Cc1cccn2nc(C3CCC(=O)NC3=O)nc12. The molecule has 0 saturated carbocycles. The van der Waals surface area contributed by atoms with Gasteiger partial charge in [0.25, 0.3) is 0 Å². The summed E-state index contributed by atoms with van der Waals surface area (Å²) in [6, 6.07) is 3.31. The number of hydrogen-bond donors (Lipinski definition) is 1. The Morgan fingerprint density at radius 3 is 3.00 bits per heavy atom. The van der Waals surface area contributed by atoms with Crippen LogP contribution in [0.25, 0.3) is 5.65 Å². The van der Waals surface area contributed by atoms with Gasteiger partial charge in [-0.3, -0.25) is 19.7 Å². The van der Waals surface area contributed by atoms with Gasteiger partial charge in [-0.1, -0.05) is 0 Å². The summed E-state index contributed by atoms with van der Waals surface area (Å²) in [5.74, 6) is -0.880. The number of pyridine rings is 1. The van der Waals surface area contributed by atoms with E-state index in [0.29, 0.717) is 29.7 Å². The Labute approximate surface area is 107 Å². The van der Waals surface area contributed by atoms with Crippen molar-refractivity contribution >= 4 is 23.7 Å². The van der Waals surface area contributed by atoms with Crippen molar-refractivity contribution in [2.24, 2.45) is 0 Å². The van der Waals surface area contributed by atoms with Gasteiger partial charge in [0.1, 0.15) is 5.92 Å². The number of piperidine rings is 1. The number of amides is 2. The fourth-order valence-electron chi connectivity index (χ4n) is 2.12. The first-order valence-electron chi connectivity index (χ1n) is 5.83. The number of aromatic nitrogens is 3. The molecule has 2 aromatic heterocycles. The molecule has 1 fully saturated rings. The summed E-state index contributed by atoms with van der Waals surface area (Å²) < 4.78 is 1.46. The number of rotatable bonds is 2. The summed E-state index contributed by atoms with van der Waals surface area (Å²) in [4.78, 5) is 38.0. The maximum atomic E-state index is 11.7. The molecule has 2 amide bonds. The van der Waals surface area contributed by atoms with Crippen LogP contribution >= 0.6 is 0 Å². The van der Waals surface area contributed by atoms with Crippen LogP contribution in [0.1, 0.15) is 34.9 Å². The van der Waals surface area contributed by atoms with Crippen LogP contribution in [0.2, 0.25) is 0 Å². The highest BCUT2D eigenvalue weighted by atomic mass is 16.2. The minimum absolute atomic E-state index is 0.270. The lowest BCUT2D eigenvalue weighted by molar-refractivity contribution is -0.134. The minimum Gasteiger partial charge on any atom is -0.298 e. The maximum Gasteiger partial charge on any atom is 0.237 e. The number of nitrogens with zero attached hydrogens (tertiary/aromatic N) is 3. The lowest BCUT2D eigenvalue weighted by Gasteiger charge is -2.17. The van der Waals surface area contributed by atoms with Gasteiger partial charge in [0.05, 0.1) is 5.56 Å². The van der Waals surface area contributed by atoms with E-state index in [9.17, 15) is 14.4 Å². The Balaban J connectivity index is 2.04. The van der Waals surface area contributed by atoms with Crippen molar-refractivity contribution in [3.05, 3.63) is 29.7 Å². The van der Waals surface area contributed by atoms with Crippen LogP contribution in [-0.4, -0.2) is 32.7 Å². The van der Waals surface area contributed by atoms with Crippen LogP contribution in [0.15, 0.2) is 18.3 Å². The van der Waals surface area contributed by atoms with Crippen molar-refractivity contribution in [3.8, 4) is 0 Å². The molecule has 96 valence electrons. The molecule has 1 saturated heterocycles. The topological polar surface area (TPSA) is 93.4 Å². The smallest absolute Gasteiger partial charge is 0.237 e. The second kappa shape index (κ2) is 4.27. The lowest BCUT2D eigenvalue weighted by Crippen LogP contribution is -2.39. The Morgan fingerprint density at radius 1 is 1.42 bits per heavy atom. The number of carbonyl (C=O) groups excluding carboxylic acids is 3. The zero-order valence-electron chi connectivity index (χ0n) is 9.87. The summed E-state index contributed by atoms with van der Waals surface area (Å²) in [6.07, 6.45) is 3.01. The van der Waals surface area contributed by atoms with E-state index in [1.54, 1.807) is 18.3 Å². The third kappa shape index (κ3) is 1.88. The van der Waals surface area contributed by atoms with Crippen molar-refractivity contribution in [1.29, 1.82) is 0 Å². The zero-order valence-corrected chi connectivity index (χ0v) is 9.87. The Kier molecular flexibility index (Phi) is 2.59. The van der Waals surface area contributed by atoms with Gasteiger partial charge in [0.2, 0.25) is 11.8 Å². The van der Waals surface area contributed by atoms with Gasteiger partial charge in [0.15, 0.2) is 17.8 Å². The van der Waals surface area contributed by atoms with Gasteiger partial charge in [-0.15, -0.1) is 0 Å². The predicted molar refractivity (Wildman–Crippen MR) is 63.5 cm³/mol. The molecule has 0 spiro atoms. The Morgan fingerprint density at radius 2 is 2.26 bits per heavy atom. The normalized spacial score (nSPS) is 19.5. The molecule has 0 aromatic carbocycles. The monoisotopic (exact) mass is 258 g/mol. The Hall–Kier alpha value is -2.57. The maximum absolute atomic E-state index is 11.7. The molecule has 0 radical (unpaired) electrons. The average Bonchev–Trinajstić information content (AvgIpc) is 2.81. The number of hydrogen-bond acceptors (Lipinski definition) is 5. The summed E-state index contributed by atoms with van der Waals surface area (Å²) in [5, 5.41) is 6.46. The van der Waals surface area contributed by atoms with Gasteiger partial charge in [-0.05, 0) is 18.6 Å². The van der Waals surface area contributed by atoms with Crippen LogP contribution in [0.4, 0.5) is 0 Å². The largest absolute Gasteiger partial charge is 0.298 e. The molecule has 7 heteroatoms. The lowest BCUT2D eigenvalue weighted by atomic mass is 9.98. The third-order valence-electron chi connectivity index (χ3n) is 3.09. The van der Waals surface area contributed by atoms with Crippen LogP contribution < -0.4 is 5.32 Å². The molecule has 0 aliphatic carbocycles. The van der Waals surface area contributed by atoms with E-state index in [0.717, 1.165) is 0 Å². The van der Waals surface area contributed by atoms with Gasteiger partial charge in [0, 0.05) is 12.6 Å². The van der Waals surface area contributed by atoms with E-state index in [-0.39, 0.29) is 18.2 Å². The molecule has 0 bridgehead atoms. The van der Waals surface area contributed by atoms with Gasteiger partial charge >= 0.3 is 0 Å². The van der Waals surface area contributed by atoms with E-state index >= 15 is 0 Å². The highest BCUT2D eigenvalue weighted by Crippen LogP contribution is 2.22.